The molecule has 0 radical (unpaired) electrons. The van der Waals surface area contributed by atoms with Crippen LogP contribution in [0.5, 0.6) is 5.75 Å². The van der Waals surface area contributed by atoms with Crippen LogP contribution in [0.25, 0.3) is 6.08 Å². The average molecular weight is 431 g/mol. The highest BCUT2D eigenvalue weighted by Crippen LogP contribution is 2.25. The van der Waals surface area contributed by atoms with E-state index in [-0.39, 0.29) is 5.70 Å². The molecule has 5 heteroatoms. The highest BCUT2D eigenvalue weighted by atomic mass is 127. The molecule has 1 aliphatic rings. The molecule has 0 fully saturated rings. The van der Waals surface area contributed by atoms with E-state index in [0.717, 1.165) is 14.7 Å². The maximum absolute atomic E-state index is 12.1. The zero-order valence-corrected chi connectivity index (χ0v) is 14.9. The largest absolute Gasteiger partial charge is 0.489 e. The van der Waals surface area contributed by atoms with Crippen LogP contribution in [0.3, 0.4) is 0 Å². The van der Waals surface area contributed by atoms with Crippen molar-refractivity contribution in [1.29, 1.82) is 0 Å². The van der Waals surface area contributed by atoms with Gasteiger partial charge in [-0.05, 0) is 52.9 Å². The Morgan fingerprint density at radius 2 is 2.04 bits per heavy atom. The Bertz CT molecular complexity index is 855. The minimum Gasteiger partial charge on any atom is -0.489 e. The van der Waals surface area contributed by atoms with Gasteiger partial charge in [0, 0.05) is 14.7 Å². The molecule has 0 unspecified atom stereocenters. The Labute approximate surface area is 153 Å². The summed E-state index contributed by atoms with van der Waals surface area (Å²) in [5, 5.41) is 0. The van der Waals surface area contributed by atoms with Crippen LogP contribution < -0.4 is 4.74 Å². The molecule has 2 aromatic carbocycles. The minimum absolute atomic E-state index is 0.249. The molecule has 0 saturated carbocycles. The van der Waals surface area contributed by atoms with Crippen LogP contribution in [0.15, 0.2) is 71.9 Å². The number of esters is 1. The summed E-state index contributed by atoms with van der Waals surface area (Å²) in [6.45, 7) is 4.02. The predicted molar refractivity (Wildman–Crippen MR) is 102 cm³/mol. The van der Waals surface area contributed by atoms with Crippen molar-refractivity contribution in [3.8, 4) is 5.75 Å². The molecular formula is C19H14INO3. The van der Waals surface area contributed by atoms with E-state index in [4.69, 9.17) is 9.47 Å². The highest BCUT2D eigenvalue weighted by molar-refractivity contribution is 14.1. The van der Waals surface area contributed by atoms with Crippen LogP contribution in [-0.4, -0.2) is 18.5 Å². The first-order valence-electron chi connectivity index (χ1n) is 7.28. The first-order valence-corrected chi connectivity index (χ1v) is 8.36. The monoisotopic (exact) mass is 431 g/mol. The van der Waals surface area contributed by atoms with Gasteiger partial charge in [-0.15, -0.1) is 0 Å². The van der Waals surface area contributed by atoms with Gasteiger partial charge in [0.25, 0.3) is 0 Å². The van der Waals surface area contributed by atoms with Crippen molar-refractivity contribution in [3.05, 3.63) is 81.6 Å². The van der Waals surface area contributed by atoms with Crippen molar-refractivity contribution in [2.75, 3.05) is 6.61 Å². The van der Waals surface area contributed by atoms with Gasteiger partial charge in [0.15, 0.2) is 5.70 Å². The molecule has 0 N–H and O–H groups in total. The molecule has 24 heavy (non-hydrogen) atoms. The lowest BCUT2D eigenvalue weighted by Crippen LogP contribution is -2.05. The summed E-state index contributed by atoms with van der Waals surface area (Å²) in [5.41, 5.74) is 1.78. The Morgan fingerprint density at radius 3 is 2.83 bits per heavy atom. The zero-order chi connectivity index (χ0) is 16.9. The van der Waals surface area contributed by atoms with E-state index in [2.05, 4.69) is 34.2 Å². The van der Waals surface area contributed by atoms with E-state index in [1.165, 1.54) is 0 Å². The first-order chi connectivity index (χ1) is 11.7. The number of carbonyl (C=O) groups is 1. The number of carbonyl (C=O) groups excluding carboxylic acids is 1. The fraction of sp³-hybridized carbons (Fsp3) is 0.0526. The number of aliphatic imine (C=N–C) groups is 1. The van der Waals surface area contributed by atoms with Crippen molar-refractivity contribution in [1.82, 2.24) is 0 Å². The highest BCUT2D eigenvalue weighted by Gasteiger charge is 2.24. The van der Waals surface area contributed by atoms with E-state index in [9.17, 15) is 4.79 Å². The summed E-state index contributed by atoms with van der Waals surface area (Å²) in [6, 6.07) is 15.1. The normalized spacial score (nSPS) is 15.1. The van der Waals surface area contributed by atoms with E-state index >= 15 is 0 Å². The van der Waals surface area contributed by atoms with E-state index < -0.39 is 5.97 Å². The lowest BCUT2D eigenvalue weighted by molar-refractivity contribution is -0.129. The van der Waals surface area contributed by atoms with Gasteiger partial charge in [0.1, 0.15) is 12.4 Å². The van der Waals surface area contributed by atoms with Crippen LogP contribution >= 0.6 is 22.6 Å². The summed E-state index contributed by atoms with van der Waals surface area (Å²) >= 11 is 2.20. The molecular weight excluding hydrogens is 417 g/mol. The van der Waals surface area contributed by atoms with Gasteiger partial charge in [-0.3, -0.25) is 0 Å². The molecule has 4 nitrogen and oxygen atoms in total. The average Bonchev–Trinajstić information content (AvgIpc) is 2.95. The molecule has 2 aromatic rings. The number of para-hydroxylation sites is 1. The van der Waals surface area contributed by atoms with Crippen LogP contribution in [-0.2, 0) is 9.53 Å². The van der Waals surface area contributed by atoms with E-state index in [1.54, 1.807) is 12.2 Å². The lowest BCUT2D eigenvalue weighted by Gasteiger charge is -2.06. The van der Waals surface area contributed by atoms with Crippen molar-refractivity contribution < 1.29 is 14.3 Å². The summed E-state index contributed by atoms with van der Waals surface area (Å²) in [7, 11) is 0. The van der Waals surface area contributed by atoms with Crippen molar-refractivity contribution in [3.63, 3.8) is 0 Å². The first kappa shape index (κ1) is 16.4. The molecule has 3 rings (SSSR count). The van der Waals surface area contributed by atoms with Crippen molar-refractivity contribution in [2.24, 2.45) is 4.99 Å². The summed E-state index contributed by atoms with van der Waals surface area (Å²) in [5.74, 6) is 0.507. The van der Waals surface area contributed by atoms with Gasteiger partial charge >= 0.3 is 5.97 Å². The SMILES string of the molecule is C=CCOc1ccccc1C=C1N=C(c2cccc(I)c2)OC1=O. The molecule has 0 aliphatic carbocycles. The van der Waals surface area contributed by atoms with Gasteiger partial charge < -0.3 is 9.47 Å². The second-order valence-corrected chi connectivity index (χ2v) is 6.23. The second kappa shape index (κ2) is 7.44. The van der Waals surface area contributed by atoms with E-state index in [1.807, 2.05) is 48.5 Å². The summed E-state index contributed by atoms with van der Waals surface area (Å²) in [6.07, 6.45) is 3.34. The Kier molecular flexibility index (Phi) is 5.10. The van der Waals surface area contributed by atoms with Crippen LogP contribution in [0.1, 0.15) is 11.1 Å². The van der Waals surface area contributed by atoms with Gasteiger partial charge in [0.2, 0.25) is 5.90 Å². The fourth-order valence-corrected chi connectivity index (χ4v) is 2.72. The topological polar surface area (TPSA) is 47.9 Å². The third kappa shape index (κ3) is 3.73. The van der Waals surface area contributed by atoms with Gasteiger partial charge in [-0.2, -0.15) is 0 Å². The molecule has 1 aliphatic heterocycles. The predicted octanol–water partition coefficient (Wildman–Crippen LogP) is 4.20. The molecule has 0 bridgehead atoms. The third-order valence-corrected chi connectivity index (χ3v) is 3.93. The third-order valence-electron chi connectivity index (χ3n) is 3.26. The second-order valence-electron chi connectivity index (χ2n) is 4.98. The number of halogens is 1. The van der Waals surface area contributed by atoms with Gasteiger partial charge in [0.05, 0.1) is 0 Å². The molecule has 0 amide bonds. The number of nitrogens with zero attached hydrogens (tertiary/aromatic N) is 1. The van der Waals surface area contributed by atoms with Gasteiger partial charge in [-0.25, -0.2) is 9.79 Å². The maximum atomic E-state index is 12.1. The standard InChI is InChI=1S/C19H14INO3/c1-2-10-23-17-9-4-3-6-13(17)12-16-19(22)24-18(21-16)14-7-5-8-15(20)11-14/h2-9,11-12H,1,10H2. The number of hydrogen-bond acceptors (Lipinski definition) is 4. The Hall–Kier alpha value is -2.41. The molecule has 120 valence electrons. The summed E-state index contributed by atoms with van der Waals surface area (Å²) < 4.78 is 11.9. The zero-order valence-electron chi connectivity index (χ0n) is 12.7. The molecule has 0 atom stereocenters. The molecule has 0 saturated heterocycles. The fourth-order valence-electron chi connectivity index (χ4n) is 2.18. The van der Waals surface area contributed by atoms with Gasteiger partial charge in [-0.1, -0.05) is 36.9 Å². The molecule has 0 spiro atoms. The quantitative estimate of drug-likeness (QED) is 0.309. The number of ether oxygens (including phenoxy) is 2. The van der Waals surface area contributed by atoms with Crippen LogP contribution in [0, 0.1) is 3.57 Å². The van der Waals surface area contributed by atoms with Crippen molar-refractivity contribution in [2.45, 2.75) is 0 Å². The minimum atomic E-state index is -0.470. The van der Waals surface area contributed by atoms with Crippen LogP contribution in [0.4, 0.5) is 0 Å². The number of cyclic esters (lactones) is 1. The summed E-state index contributed by atoms with van der Waals surface area (Å²) in [4.78, 5) is 16.4. The molecule has 0 aromatic heterocycles. The van der Waals surface area contributed by atoms with E-state index in [0.29, 0.717) is 18.3 Å². The Balaban J connectivity index is 1.93. The maximum Gasteiger partial charge on any atom is 0.363 e. The van der Waals surface area contributed by atoms with Crippen LogP contribution in [0.2, 0.25) is 0 Å². The molecule has 1 heterocycles. The van der Waals surface area contributed by atoms with Crippen molar-refractivity contribution >= 4 is 40.5 Å². The number of benzene rings is 2. The smallest absolute Gasteiger partial charge is 0.363 e. The number of hydrogen-bond donors (Lipinski definition) is 0. The lowest BCUT2D eigenvalue weighted by atomic mass is 10.1. The Morgan fingerprint density at radius 1 is 1.21 bits per heavy atom. The number of rotatable bonds is 5.